The first-order valence-electron chi connectivity index (χ1n) is 11.6. The van der Waals surface area contributed by atoms with Crippen LogP contribution in [-0.4, -0.2) is 50.7 Å². The maximum atomic E-state index is 3.50. The molecular weight excluding hydrogens is 372 g/mol. The molecule has 0 aromatic heterocycles. The van der Waals surface area contributed by atoms with Crippen molar-refractivity contribution in [3.8, 4) is 0 Å². The summed E-state index contributed by atoms with van der Waals surface area (Å²) in [5, 5.41) is 7.01. The Morgan fingerprint density at radius 1 is 0.538 bits per heavy atom. The molecule has 150 valence electrons. The van der Waals surface area contributed by atoms with Gasteiger partial charge >= 0.3 is 19.5 Å². The van der Waals surface area contributed by atoms with Gasteiger partial charge in [0.2, 0.25) is 0 Å². The van der Waals surface area contributed by atoms with Gasteiger partial charge in [-0.15, -0.1) is 0 Å². The van der Waals surface area contributed by atoms with E-state index in [1.54, 1.807) is 0 Å². The molecule has 0 aromatic rings. The molecule has 1 rings (SSSR count). The number of hydrogen-bond acceptors (Lipinski definition) is 3. The standard InChI is InChI=1S/C22H47N3.Zn/c1-2-3-4-5-6-7-8-9-10-11-12-13-14-15-20-25-21-18-23-16-17-24-19-22-25;/h23-24H,2-22H2,1H3;/q;+2. The monoisotopic (exact) mass is 417 g/mol. The molecule has 2 N–H and O–H groups in total. The second-order valence-electron chi connectivity index (χ2n) is 7.94. The molecule has 0 amide bonds. The van der Waals surface area contributed by atoms with E-state index >= 15 is 0 Å². The molecule has 4 heteroatoms. The third kappa shape index (κ3) is 17.9. The van der Waals surface area contributed by atoms with E-state index in [2.05, 4.69) is 22.5 Å². The fourth-order valence-electron chi connectivity index (χ4n) is 3.77. The van der Waals surface area contributed by atoms with Crippen molar-refractivity contribution in [2.75, 3.05) is 45.8 Å². The van der Waals surface area contributed by atoms with E-state index in [1.165, 1.54) is 110 Å². The van der Waals surface area contributed by atoms with Crippen molar-refractivity contribution in [1.29, 1.82) is 0 Å². The molecule has 0 atom stereocenters. The van der Waals surface area contributed by atoms with Gasteiger partial charge in [-0.05, 0) is 13.0 Å². The molecule has 0 radical (unpaired) electrons. The van der Waals surface area contributed by atoms with E-state index in [1.807, 2.05) is 0 Å². The van der Waals surface area contributed by atoms with Gasteiger partial charge < -0.3 is 15.5 Å². The van der Waals surface area contributed by atoms with E-state index in [0.29, 0.717) is 0 Å². The summed E-state index contributed by atoms with van der Waals surface area (Å²) in [6.45, 7) is 10.6. The zero-order valence-corrected chi connectivity index (χ0v) is 21.0. The molecule has 1 saturated heterocycles. The van der Waals surface area contributed by atoms with Gasteiger partial charge in [0.25, 0.3) is 0 Å². The number of nitrogens with zero attached hydrogens (tertiary/aromatic N) is 1. The minimum atomic E-state index is 0. The van der Waals surface area contributed by atoms with Crippen molar-refractivity contribution in [2.45, 2.75) is 96.8 Å². The molecule has 0 saturated carbocycles. The Bertz CT molecular complexity index is 254. The first-order valence-corrected chi connectivity index (χ1v) is 11.6. The summed E-state index contributed by atoms with van der Waals surface area (Å²) in [6.07, 6.45) is 20.3. The molecule has 1 aliphatic rings. The molecule has 26 heavy (non-hydrogen) atoms. The topological polar surface area (TPSA) is 27.3 Å². The van der Waals surface area contributed by atoms with E-state index in [9.17, 15) is 0 Å². The van der Waals surface area contributed by atoms with Gasteiger partial charge in [0.15, 0.2) is 0 Å². The molecule has 0 spiro atoms. The summed E-state index contributed by atoms with van der Waals surface area (Å²) in [5.74, 6) is 0. The maximum Gasteiger partial charge on any atom is 2.00 e. The second-order valence-corrected chi connectivity index (χ2v) is 7.94. The fourth-order valence-corrected chi connectivity index (χ4v) is 3.77. The van der Waals surface area contributed by atoms with E-state index in [-0.39, 0.29) is 19.5 Å². The molecule has 0 unspecified atom stereocenters. The molecular formula is C22H47N3Zn+2. The van der Waals surface area contributed by atoms with Crippen LogP contribution in [0.15, 0.2) is 0 Å². The quantitative estimate of drug-likeness (QED) is 0.290. The molecule has 1 heterocycles. The number of unbranched alkanes of at least 4 members (excludes halogenated alkanes) is 13. The van der Waals surface area contributed by atoms with Crippen LogP contribution in [0.2, 0.25) is 0 Å². The summed E-state index contributed by atoms with van der Waals surface area (Å²) < 4.78 is 0. The Morgan fingerprint density at radius 2 is 0.923 bits per heavy atom. The summed E-state index contributed by atoms with van der Waals surface area (Å²) in [6, 6.07) is 0. The zero-order chi connectivity index (χ0) is 17.8. The summed E-state index contributed by atoms with van der Waals surface area (Å²) >= 11 is 0. The fraction of sp³-hybridized carbons (Fsp3) is 1.00. The van der Waals surface area contributed by atoms with Crippen LogP contribution < -0.4 is 10.6 Å². The van der Waals surface area contributed by atoms with Crippen molar-refractivity contribution in [3.05, 3.63) is 0 Å². The Hall–Kier alpha value is 0.503. The van der Waals surface area contributed by atoms with Crippen LogP contribution in [0.1, 0.15) is 96.8 Å². The predicted molar refractivity (Wildman–Crippen MR) is 112 cm³/mol. The van der Waals surface area contributed by atoms with Crippen molar-refractivity contribution < 1.29 is 19.5 Å². The van der Waals surface area contributed by atoms with Crippen LogP contribution in [-0.2, 0) is 19.5 Å². The normalized spacial score (nSPS) is 16.5. The molecule has 1 aliphatic heterocycles. The Labute approximate surface area is 177 Å². The van der Waals surface area contributed by atoms with Gasteiger partial charge in [0.05, 0.1) is 0 Å². The Balaban J connectivity index is 0.00000625. The summed E-state index contributed by atoms with van der Waals surface area (Å²) in [7, 11) is 0. The zero-order valence-electron chi connectivity index (χ0n) is 18.0. The van der Waals surface area contributed by atoms with Crippen LogP contribution >= 0.6 is 0 Å². The van der Waals surface area contributed by atoms with Gasteiger partial charge in [-0.1, -0.05) is 90.4 Å². The largest absolute Gasteiger partial charge is 2.00 e. The van der Waals surface area contributed by atoms with Gasteiger partial charge in [-0.2, -0.15) is 0 Å². The molecule has 0 bridgehead atoms. The van der Waals surface area contributed by atoms with Crippen molar-refractivity contribution in [3.63, 3.8) is 0 Å². The van der Waals surface area contributed by atoms with E-state index in [0.717, 1.165) is 26.2 Å². The van der Waals surface area contributed by atoms with Gasteiger partial charge in [0.1, 0.15) is 0 Å². The van der Waals surface area contributed by atoms with E-state index < -0.39 is 0 Å². The Morgan fingerprint density at radius 3 is 1.35 bits per heavy atom. The van der Waals surface area contributed by atoms with Crippen LogP contribution in [0.4, 0.5) is 0 Å². The minimum absolute atomic E-state index is 0. The smallest absolute Gasteiger partial charge is 0.314 e. The SMILES string of the molecule is CCCCCCCCCCCCCCCCN1CCNCCNCC1.[Zn+2]. The first kappa shape index (κ1) is 26.5. The average Bonchev–Trinajstić information content (AvgIpc) is 2.76. The Kier molecular flexibility index (Phi) is 22.2. The van der Waals surface area contributed by atoms with E-state index in [4.69, 9.17) is 0 Å². The average molecular weight is 419 g/mol. The number of hydrogen-bond donors (Lipinski definition) is 2. The second kappa shape index (κ2) is 21.8. The van der Waals surface area contributed by atoms with Crippen LogP contribution in [0.25, 0.3) is 0 Å². The minimum Gasteiger partial charge on any atom is -0.314 e. The number of rotatable bonds is 15. The molecule has 0 aromatic carbocycles. The number of nitrogens with one attached hydrogen (secondary N) is 2. The molecule has 1 fully saturated rings. The van der Waals surface area contributed by atoms with Crippen LogP contribution in [0.3, 0.4) is 0 Å². The van der Waals surface area contributed by atoms with Crippen molar-refractivity contribution in [2.24, 2.45) is 0 Å². The van der Waals surface area contributed by atoms with Gasteiger partial charge in [0, 0.05) is 39.3 Å². The van der Waals surface area contributed by atoms with Gasteiger partial charge in [-0.25, -0.2) is 0 Å². The third-order valence-corrected chi connectivity index (χ3v) is 5.52. The third-order valence-electron chi connectivity index (χ3n) is 5.52. The molecule has 0 aliphatic carbocycles. The predicted octanol–water partition coefficient (Wildman–Crippen LogP) is 4.96. The summed E-state index contributed by atoms with van der Waals surface area (Å²) in [5.41, 5.74) is 0. The van der Waals surface area contributed by atoms with Crippen LogP contribution in [0.5, 0.6) is 0 Å². The van der Waals surface area contributed by atoms with Gasteiger partial charge in [-0.3, -0.25) is 0 Å². The molecule has 3 nitrogen and oxygen atoms in total. The first-order chi connectivity index (χ1) is 12.4. The van der Waals surface area contributed by atoms with Crippen molar-refractivity contribution >= 4 is 0 Å². The summed E-state index contributed by atoms with van der Waals surface area (Å²) in [4.78, 5) is 2.63. The van der Waals surface area contributed by atoms with Crippen LogP contribution in [0, 0.1) is 0 Å². The maximum absolute atomic E-state index is 3.50. The van der Waals surface area contributed by atoms with Crippen molar-refractivity contribution in [1.82, 2.24) is 15.5 Å².